The first-order valence-corrected chi connectivity index (χ1v) is 16.6. The number of nitrogens with zero attached hydrogens (tertiary/aromatic N) is 6. The van der Waals surface area contributed by atoms with Crippen LogP contribution < -0.4 is 9.80 Å². The molecule has 1 aliphatic rings. The number of pyridine rings is 1. The van der Waals surface area contributed by atoms with Crippen molar-refractivity contribution in [1.29, 1.82) is 5.26 Å². The Morgan fingerprint density at radius 2 is 1.86 bits per heavy atom. The number of halogens is 2. The summed E-state index contributed by atoms with van der Waals surface area (Å²) in [6.45, 7) is 5.48. The molecule has 1 fully saturated rings. The summed E-state index contributed by atoms with van der Waals surface area (Å²) >= 11 is 1.13. The van der Waals surface area contributed by atoms with Gasteiger partial charge in [0.05, 0.1) is 30.3 Å². The maximum Gasteiger partial charge on any atom is 0.211 e. The molecule has 2 N–H and O–H groups in total. The van der Waals surface area contributed by atoms with Crippen LogP contribution in [-0.2, 0) is 15.6 Å². The van der Waals surface area contributed by atoms with Gasteiger partial charge < -0.3 is 20.0 Å². The molecule has 10 nitrogen and oxygen atoms in total. The van der Waals surface area contributed by atoms with E-state index >= 15 is 4.39 Å². The maximum atomic E-state index is 15.9. The minimum Gasteiger partial charge on any atom is -0.395 e. The molecule has 232 valence electrons. The summed E-state index contributed by atoms with van der Waals surface area (Å²) in [5.41, 5.74) is 0.752. The summed E-state index contributed by atoms with van der Waals surface area (Å²) < 4.78 is 55.2. The molecule has 0 radical (unpaired) electrons. The van der Waals surface area contributed by atoms with Gasteiger partial charge in [-0.3, -0.25) is 0 Å². The smallest absolute Gasteiger partial charge is 0.211 e. The lowest BCUT2D eigenvalue weighted by molar-refractivity contribution is 0.0742. The number of piperazine rings is 1. The Balaban J connectivity index is 1.66. The van der Waals surface area contributed by atoms with Gasteiger partial charge in [-0.1, -0.05) is 11.3 Å². The molecule has 1 saturated heterocycles. The van der Waals surface area contributed by atoms with Crippen molar-refractivity contribution in [3.63, 3.8) is 0 Å². The molecule has 14 heteroatoms. The van der Waals surface area contributed by atoms with Gasteiger partial charge in [0, 0.05) is 42.8 Å². The van der Waals surface area contributed by atoms with E-state index in [1.807, 2.05) is 11.8 Å². The van der Waals surface area contributed by atoms with E-state index in [-0.39, 0.29) is 30.8 Å². The van der Waals surface area contributed by atoms with E-state index < -0.39 is 39.9 Å². The van der Waals surface area contributed by atoms with Crippen LogP contribution in [0.2, 0.25) is 0 Å². The fourth-order valence-corrected chi connectivity index (χ4v) is 7.39. The second-order valence-corrected chi connectivity index (χ2v) is 14.0. The van der Waals surface area contributed by atoms with Crippen molar-refractivity contribution in [1.82, 2.24) is 14.3 Å². The van der Waals surface area contributed by atoms with E-state index in [4.69, 9.17) is 4.98 Å². The standard InChI is InChI=1S/C30H32F2N6O4S2/c1-5-37(29-35-27(25(15-33)43-29)18-6-8-19(31)9-7-18)24-14-26(30(2,3)40)34-28-22(24)12-20(13-23(28)32)36-10-11-38(44(4,41)42)21(16-36)17-39/h6-9,12-14,21,39-40H,5,10-11,16-17H2,1-4H3. The molecule has 2 aromatic heterocycles. The Bertz CT molecular complexity index is 1850. The zero-order valence-corrected chi connectivity index (χ0v) is 26.3. The number of benzene rings is 2. The first-order valence-electron chi connectivity index (χ1n) is 13.9. The number of aliphatic hydroxyl groups excluding tert-OH is 1. The molecule has 44 heavy (non-hydrogen) atoms. The number of sulfonamides is 1. The fraction of sp³-hybridized carbons (Fsp3) is 0.367. The quantitative estimate of drug-likeness (QED) is 0.288. The molecule has 4 aromatic rings. The van der Waals surface area contributed by atoms with Crippen molar-refractivity contribution < 1.29 is 27.4 Å². The maximum absolute atomic E-state index is 15.9. The average Bonchev–Trinajstić information content (AvgIpc) is 3.40. The van der Waals surface area contributed by atoms with Crippen LogP contribution >= 0.6 is 11.3 Å². The zero-order chi connectivity index (χ0) is 32.0. The zero-order valence-electron chi connectivity index (χ0n) is 24.6. The van der Waals surface area contributed by atoms with Crippen LogP contribution in [0.1, 0.15) is 31.3 Å². The highest BCUT2D eigenvalue weighted by molar-refractivity contribution is 7.88. The second-order valence-electron chi connectivity index (χ2n) is 11.1. The summed E-state index contributed by atoms with van der Waals surface area (Å²) in [5.74, 6) is -1.06. The van der Waals surface area contributed by atoms with Crippen LogP contribution in [0.15, 0.2) is 42.5 Å². The average molecular weight is 643 g/mol. The first kappa shape index (κ1) is 31.7. The van der Waals surface area contributed by atoms with Crippen molar-refractivity contribution >= 4 is 48.8 Å². The number of aliphatic hydroxyl groups is 2. The third-order valence-electron chi connectivity index (χ3n) is 7.56. The van der Waals surface area contributed by atoms with Gasteiger partial charge in [0.1, 0.15) is 33.6 Å². The van der Waals surface area contributed by atoms with Crippen LogP contribution in [-0.4, -0.2) is 78.0 Å². The number of hydrogen-bond acceptors (Lipinski definition) is 10. The Morgan fingerprint density at radius 1 is 1.16 bits per heavy atom. The highest BCUT2D eigenvalue weighted by Gasteiger charge is 2.33. The highest BCUT2D eigenvalue weighted by Crippen LogP contribution is 2.41. The highest BCUT2D eigenvalue weighted by atomic mass is 32.2. The van der Waals surface area contributed by atoms with Crippen LogP contribution in [0.5, 0.6) is 0 Å². The number of anilines is 3. The fourth-order valence-electron chi connectivity index (χ4n) is 5.34. The normalized spacial score (nSPS) is 16.3. The Labute approximate surface area is 258 Å². The number of thiazole rings is 1. The minimum absolute atomic E-state index is 0.0196. The molecule has 1 aliphatic heterocycles. The predicted octanol–water partition coefficient (Wildman–Crippen LogP) is 4.34. The van der Waals surface area contributed by atoms with Gasteiger partial charge in [-0.2, -0.15) is 9.57 Å². The molecular formula is C30H32F2N6O4S2. The molecule has 0 spiro atoms. The van der Waals surface area contributed by atoms with E-state index in [1.54, 1.807) is 43.0 Å². The molecular weight excluding hydrogens is 610 g/mol. The topological polar surface area (TPSA) is 134 Å². The molecule has 0 bridgehead atoms. The van der Waals surface area contributed by atoms with Gasteiger partial charge in [-0.05, 0) is 63.2 Å². The molecule has 1 unspecified atom stereocenters. The summed E-state index contributed by atoms with van der Waals surface area (Å²) in [7, 11) is -3.55. The summed E-state index contributed by atoms with van der Waals surface area (Å²) in [6, 6.07) is 11.9. The predicted molar refractivity (Wildman–Crippen MR) is 166 cm³/mol. The first-order chi connectivity index (χ1) is 20.7. The van der Waals surface area contributed by atoms with Crippen LogP contribution in [0.25, 0.3) is 22.2 Å². The largest absolute Gasteiger partial charge is 0.395 e. The van der Waals surface area contributed by atoms with E-state index in [0.717, 1.165) is 17.6 Å². The molecule has 5 rings (SSSR count). The third kappa shape index (κ3) is 6.11. The lowest BCUT2D eigenvalue weighted by atomic mass is 10.0. The van der Waals surface area contributed by atoms with Crippen molar-refractivity contribution in [2.75, 3.05) is 48.8 Å². The number of rotatable bonds is 8. The summed E-state index contributed by atoms with van der Waals surface area (Å²) in [6.07, 6.45) is 1.09. The Morgan fingerprint density at radius 3 is 2.45 bits per heavy atom. The number of aromatic nitrogens is 2. The molecule has 1 atom stereocenters. The second kappa shape index (κ2) is 12.0. The van der Waals surface area contributed by atoms with Gasteiger partial charge >= 0.3 is 0 Å². The number of fused-ring (bicyclic) bond motifs is 1. The number of nitriles is 1. The van der Waals surface area contributed by atoms with Crippen molar-refractivity contribution in [2.45, 2.75) is 32.4 Å². The SMILES string of the molecule is CCN(c1nc(-c2ccc(F)cc2)c(C#N)s1)c1cc(C(C)(C)O)nc2c(F)cc(N3CCN(S(C)(=O)=O)C(CO)C3)cc12. The van der Waals surface area contributed by atoms with Crippen LogP contribution in [0.4, 0.5) is 25.3 Å². The van der Waals surface area contributed by atoms with Crippen LogP contribution in [0, 0.1) is 23.0 Å². The van der Waals surface area contributed by atoms with E-state index in [1.165, 1.54) is 22.5 Å². The van der Waals surface area contributed by atoms with E-state index in [9.17, 15) is 28.3 Å². The Kier molecular flexibility index (Phi) is 8.63. The summed E-state index contributed by atoms with van der Waals surface area (Å²) in [5, 5.41) is 31.6. The lowest BCUT2D eigenvalue weighted by Crippen LogP contribution is -2.56. The Hall–Kier alpha value is -3.74. The monoisotopic (exact) mass is 642 g/mol. The van der Waals surface area contributed by atoms with E-state index in [2.05, 4.69) is 11.1 Å². The van der Waals surface area contributed by atoms with Crippen molar-refractivity contribution in [3.8, 4) is 17.3 Å². The lowest BCUT2D eigenvalue weighted by Gasteiger charge is -2.40. The van der Waals surface area contributed by atoms with Crippen molar-refractivity contribution in [3.05, 3.63) is 64.7 Å². The van der Waals surface area contributed by atoms with Gasteiger partial charge in [0.2, 0.25) is 10.0 Å². The minimum atomic E-state index is -3.55. The molecule has 0 aliphatic carbocycles. The van der Waals surface area contributed by atoms with Crippen molar-refractivity contribution in [2.24, 2.45) is 0 Å². The van der Waals surface area contributed by atoms with Gasteiger partial charge in [-0.25, -0.2) is 27.2 Å². The van der Waals surface area contributed by atoms with Gasteiger partial charge in [-0.15, -0.1) is 0 Å². The summed E-state index contributed by atoms with van der Waals surface area (Å²) in [4.78, 5) is 13.1. The molecule has 0 saturated carbocycles. The third-order valence-corrected chi connectivity index (χ3v) is 9.88. The number of hydrogen-bond donors (Lipinski definition) is 2. The van der Waals surface area contributed by atoms with Gasteiger partial charge in [0.15, 0.2) is 10.9 Å². The van der Waals surface area contributed by atoms with Crippen LogP contribution in [0.3, 0.4) is 0 Å². The van der Waals surface area contributed by atoms with E-state index in [0.29, 0.717) is 44.6 Å². The van der Waals surface area contributed by atoms with Gasteiger partial charge in [0.25, 0.3) is 0 Å². The molecule has 2 aromatic carbocycles. The molecule has 0 amide bonds. The molecule has 3 heterocycles.